The smallest absolute Gasteiger partial charge is 0.327 e. The Morgan fingerprint density at radius 1 is 1.45 bits per heavy atom. The highest BCUT2D eigenvalue weighted by molar-refractivity contribution is 5.86. The second-order valence-corrected chi connectivity index (χ2v) is 1.88. The maximum Gasteiger partial charge on any atom is 0.327 e. The number of hydrogen-bond acceptors (Lipinski definition) is 4. The third-order valence-electron chi connectivity index (χ3n) is 0.947. The molecule has 0 aromatic carbocycles. The van der Waals surface area contributed by atoms with Crippen molar-refractivity contribution in [3.8, 4) is 0 Å². The minimum absolute atomic E-state index is 0.176. The molecule has 0 aliphatic rings. The molecule has 0 aromatic rings. The Hall–Kier alpha value is -1.16. The van der Waals surface area contributed by atoms with Crippen LogP contribution in [0.2, 0.25) is 0 Å². The Labute approximate surface area is 65.0 Å². The summed E-state index contributed by atoms with van der Waals surface area (Å²) in [5, 5.41) is 0. The number of esters is 2. The second kappa shape index (κ2) is 5.61. The molecule has 0 unspecified atom stereocenters. The van der Waals surface area contributed by atoms with E-state index in [9.17, 15) is 9.59 Å². The molecular weight excluding hydrogens is 146 g/mol. The van der Waals surface area contributed by atoms with Gasteiger partial charge in [0.25, 0.3) is 0 Å². The molecule has 4 nitrogen and oxygen atoms in total. The number of rotatable bonds is 4. The first-order valence-electron chi connectivity index (χ1n) is 3.25. The summed E-state index contributed by atoms with van der Waals surface area (Å²) >= 11 is 0. The minimum atomic E-state index is -0.695. The van der Waals surface area contributed by atoms with Gasteiger partial charge in [-0.2, -0.15) is 0 Å². The van der Waals surface area contributed by atoms with Crippen LogP contribution >= 0.6 is 0 Å². The van der Waals surface area contributed by atoms with Crippen molar-refractivity contribution in [2.75, 3.05) is 6.54 Å². The van der Waals surface area contributed by atoms with Gasteiger partial charge in [0.15, 0.2) is 0 Å². The molecule has 0 saturated carbocycles. The van der Waals surface area contributed by atoms with Gasteiger partial charge in [-0.05, 0) is 6.42 Å². The summed E-state index contributed by atoms with van der Waals surface area (Å²) in [5.74, 6) is -1.25. The molecule has 0 bridgehead atoms. The number of carbonyl (C=O) groups is 2. The van der Waals surface area contributed by atoms with Crippen molar-refractivity contribution in [1.29, 1.82) is 0 Å². The summed E-state index contributed by atoms with van der Waals surface area (Å²) in [7, 11) is 0. The fraction of sp³-hybridized carbons (Fsp3) is 0.429. The van der Waals surface area contributed by atoms with Gasteiger partial charge in [0.1, 0.15) is 0 Å². The van der Waals surface area contributed by atoms with E-state index in [4.69, 9.17) is 5.73 Å². The molecule has 0 saturated heterocycles. The molecule has 0 aliphatic carbocycles. The molecule has 0 aliphatic heterocycles. The average molecular weight is 157 g/mol. The van der Waals surface area contributed by atoms with Gasteiger partial charge in [-0.25, -0.2) is 0 Å². The number of nitrogens with two attached hydrogens (primary N) is 1. The van der Waals surface area contributed by atoms with Crippen LogP contribution in [-0.4, -0.2) is 18.5 Å². The highest BCUT2D eigenvalue weighted by atomic mass is 16.6. The molecule has 0 radical (unpaired) electrons. The molecule has 11 heavy (non-hydrogen) atoms. The Kier molecular flexibility index (Phi) is 5.02. The topological polar surface area (TPSA) is 69.4 Å². The van der Waals surface area contributed by atoms with E-state index in [2.05, 4.69) is 11.3 Å². The van der Waals surface area contributed by atoms with Crippen LogP contribution in [0.1, 0.15) is 12.8 Å². The Balaban J connectivity index is 3.51. The zero-order chi connectivity index (χ0) is 8.69. The van der Waals surface area contributed by atoms with Crippen LogP contribution < -0.4 is 5.73 Å². The van der Waals surface area contributed by atoms with Crippen molar-refractivity contribution < 1.29 is 14.3 Å². The van der Waals surface area contributed by atoms with Gasteiger partial charge < -0.3 is 10.5 Å². The number of carbonyl (C=O) groups excluding carboxylic acids is 2. The Morgan fingerprint density at radius 3 is 2.55 bits per heavy atom. The van der Waals surface area contributed by atoms with Crippen LogP contribution in [-0.2, 0) is 14.3 Å². The third kappa shape index (κ3) is 5.29. The molecule has 4 heteroatoms. The van der Waals surface area contributed by atoms with Crippen molar-refractivity contribution in [1.82, 2.24) is 0 Å². The summed E-state index contributed by atoms with van der Waals surface area (Å²) in [6.07, 6.45) is 2.26. The first-order chi connectivity index (χ1) is 5.20. The lowest BCUT2D eigenvalue weighted by Gasteiger charge is -1.97. The molecule has 0 atom stereocenters. The van der Waals surface area contributed by atoms with Gasteiger partial charge in [-0.3, -0.25) is 9.59 Å². The monoisotopic (exact) mass is 157 g/mol. The van der Waals surface area contributed by atoms with Crippen molar-refractivity contribution >= 4 is 11.9 Å². The largest absolute Gasteiger partial charge is 0.392 e. The maximum atomic E-state index is 10.6. The summed E-state index contributed by atoms with van der Waals surface area (Å²) < 4.78 is 4.25. The lowest BCUT2D eigenvalue weighted by molar-refractivity contribution is -0.158. The lowest BCUT2D eigenvalue weighted by Crippen LogP contribution is -2.20. The minimum Gasteiger partial charge on any atom is -0.392 e. The van der Waals surface area contributed by atoms with Gasteiger partial charge in [-0.15, -0.1) is 6.58 Å². The van der Waals surface area contributed by atoms with Crippen LogP contribution in [0.3, 0.4) is 0 Å². The molecule has 0 amide bonds. The van der Waals surface area contributed by atoms with Crippen molar-refractivity contribution in [2.24, 2.45) is 5.73 Å². The van der Waals surface area contributed by atoms with E-state index >= 15 is 0 Å². The van der Waals surface area contributed by atoms with Gasteiger partial charge in [-0.1, -0.05) is 6.08 Å². The van der Waals surface area contributed by atoms with Crippen LogP contribution in [0.4, 0.5) is 0 Å². The standard InChI is InChI=1S/C7H11NO3/c1-2-3-4-6(9)11-7(10)5-8/h2H,1,3-5,8H2. The Bertz CT molecular complexity index is 165. The van der Waals surface area contributed by atoms with Gasteiger partial charge in [0, 0.05) is 6.42 Å². The van der Waals surface area contributed by atoms with E-state index in [0.717, 1.165) is 0 Å². The van der Waals surface area contributed by atoms with Crippen molar-refractivity contribution in [2.45, 2.75) is 12.8 Å². The quantitative estimate of drug-likeness (QED) is 0.354. The van der Waals surface area contributed by atoms with E-state index in [1.54, 1.807) is 6.08 Å². The second-order valence-electron chi connectivity index (χ2n) is 1.88. The van der Waals surface area contributed by atoms with Crippen molar-refractivity contribution in [3.05, 3.63) is 12.7 Å². The first kappa shape index (κ1) is 9.84. The molecule has 0 spiro atoms. The normalized spacial score (nSPS) is 8.82. The molecule has 0 heterocycles. The molecule has 0 rings (SSSR count). The average Bonchev–Trinajstić information content (AvgIpc) is 2.00. The molecule has 2 N–H and O–H groups in total. The van der Waals surface area contributed by atoms with Crippen molar-refractivity contribution in [3.63, 3.8) is 0 Å². The molecule has 62 valence electrons. The number of hydrogen-bond donors (Lipinski definition) is 1. The van der Waals surface area contributed by atoms with E-state index < -0.39 is 11.9 Å². The summed E-state index contributed by atoms with van der Waals surface area (Å²) in [5.41, 5.74) is 4.90. The summed E-state index contributed by atoms with van der Waals surface area (Å²) in [6, 6.07) is 0. The SMILES string of the molecule is C=CCCC(=O)OC(=O)CN. The van der Waals surface area contributed by atoms with Crippen LogP contribution in [0.15, 0.2) is 12.7 Å². The molecular formula is C7H11NO3. The summed E-state index contributed by atoms with van der Waals surface area (Å²) in [4.78, 5) is 21.0. The lowest BCUT2D eigenvalue weighted by atomic mass is 10.3. The zero-order valence-electron chi connectivity index (χ0n) is 6.21. The van der Waals surface area contributed by atoms with E-state index in [-0.39, 0.29) is 13.0 Å². The zero-order valence-corrected chi connectivity index (χ0v) is 6.21. The van der Waals surface area contributed by atoms with Gasteiger partial charge >= 0.3 is 11.9 Å². The number of allylic oxidation sites excluding steroid dienone is 1. The van der Waals surface area contributed by atoms with Gasteiger partial charge in [0.2, 0.25) is 0 Å². The fourth-order valence-corrected chi connectivity index (χ4v) is 0.440. The first-order valence-corrected chi connectivity index (χ1v) is 3.25. The fourth-order valence-electron chi connectivity index (χ4n) is 0.440. The molecule has 0 aromatic heterocycles. The van der Waals surface area contributed by atoms with E-state index in [1.807, 2.05) is 0 Å². The van der Waals surface area contributed by atoms with E-state index in [1.165, 1.54) is 0 Å². The van der Waals surface area contributed by atoms with Crippen LogP contribution in [0, 0.1) is 0 Å². The number of ether oxygens (including phenoxy) is 1. The van der Waals surface area contributed by atoms with Crippen LogP contribution in [0.25, 0.3) is 0 Å². The predicted molar refractivity (Wildman–Crippen MR) is 39.6 cm³/mol. The van der Waals surface area contributed by atoms with E-state index in [0.29, 0.717) is 6.42 Å². The predicted octanol–water partition coefficient (Wildman–Crippen LogP) is -0.0189. The maximum absolute atomic E-state index is 10.6. The van der Waals surface area contributed by atoms with Gasteiger partial charge in [0.05, 0.1) is 6.54 Å². The Morgan fingerprint density at radius 2 is 2.09 bits per heavy atom. The highest BCUT2D eigenvalue weighted by Crippen LogP contribution is 1.92. The van der Waals surface area contributed by atoms with Crippen LogP contribution in [0.5, 0.6) is 0 Å². The highest BCUT2D eigenvalue weighted by Gasteiger charge is 2.06. The summed E-state index contributed by atoms with van der Waals surface area (Å²) in [6.45, 7) is 3.15. The molecule has 0 fully saturated rings. The third-order valence-corrected chi connectivity index (χ3v) is 0.947.